The lowest BCUT2D eigenvalue weighted by Crippen LogP contribution is -2.54. The van der Waals surface area contributed by atoms with Crippen molar-refractivity contribution in [2.24, 2.45) is 5.92 Å². The fourth-order valence-electron chi connectivity index (χ4n) is 5.77. The van der Waals surface area contributed by atoms with Gasteiger partial charge in [0.1, 0.15) is 17.0 Å². The van der Waals surface area contributed by atoms with Crippen LogP contribution in [0.25, 0.3) is 0 Å². The third kappa shape index (κ3) is 16.7. The van der Waals surface area contributed by atoms with Crippen molar-refractivity contribution in [3.8, 4) is 0 Å². The molecule has 1 atom stereocenters. The van der Waals surface area contributed by atoms with Gasteiger partial charge in [0.05, 0.1) is 19.6 Å². The van der Waals surface area contributed by atoms with E-state index in [-0.39, 0.29) is 42.8 Å². The van der Waals surface area contributed by atoms with Crippen LogP contribution in [-0.4, -0.2) is 140 Å². The minimum atomic E-state index is -0.626. The van der Waals surface area contributed by atoms with Gasteiger partial charge < -0.3 is 19.7 Å². The van der Waals surface area contributed by atoms with Gasteiger partial charge >= 0.3 is 11.9 Å². The Morgan fingerprint density at radius 1 is 0.766 bits per heavy atom. The van der Waals surface area contributed by atoms with Crippen LogP contribution in [0.4, 0.5) is 0 Å². The van der Waals surface area contributed by atoms with Gasteiger partial charge in [0.2, 0.25) is 0 Å². The van der Waals surface area contributed by atoms with Gasteiger partial charge in [-0.05, 0) is 78.5 Å². The van der Waals surface area contributed by atoms with E-state index in [9.17, 15) is 19.2 Å². The summed E-state index contributed by atoms with van der Waals surface area (Å²) in [7, 11) is 1.61. The average molecular weight is 660 g/mol. The minimum absolute atomic E-state index is 0.0804. The van der Waals surface area contributed by atoms with Crippen molar-refractivity contribution < 1.29 is 28.7 Å². The number of rotatable bonds is 11. The predicted molar refractivity (Wildman–Crippen MR) is 185 cm³/mol. The summed E-state index contributed by atoms with van der Waals surface area (Å²) in [4.78, 5) is 59.8. The molecule has 11 heteroatoms. The third-order valence-electron chi connectivity index (χ3n) is 7.66. The summed E-state index contributed by atoms with van der Waals surface area (Å²) in [6.45, 7) is 23.1. The minimum Gasteiger partial charge on any atom is -0.459 e. The first-order valence-electron chi connectivity index (χ1n) is 17.0. The van der Waals surface area contributed by atoms with Crippen LogP contribution in [0.5, 0.6) is 0 Å². The number of benzene rings is 1. The smallest absolute Gasteiger partial charge is 0.320 e. The van der Waals surface area contributed by atoms with Gasteiger partial charge in [-0.15, -0.1) is 0 Å². The second-order valence-electron chi connectivity index (χ2n) is 15.2. The van der Waals surface area contributed by atoms with Gasteiger partial charge in [-0.1, -0.05) is 26.0 Å². The Hall–Kier alpha value is -2.86. The normalized spacial score (nSPS) is 18.7. The van der Waals surface area contributed by atoms with E-state index in [0.717, 1.165) is 31.7 Å². The molecule has 1 aromatic carbocycles. The third-order valence-corrected chi connectivity index (χ3v) is 7.66. The molecule has 0 aromatic heterocycles. The van der Waals surface area contributed by atoms with Crippen LogP contribution in [0.15, 0.2) is 24.3 Å². The molecule has 1 aliphatic rings. The molecule has 0 spiro atoms. The molecule has 0 aliphatic carbocycles. The molecule has 1 fully saturated rings. The number of nitrogens with zero attached hydrogens (tertiary/aromatic N) is 4. The maximum Gasteiger partial charge on any atom is 0.320 e. The van der Waals surface area contributed by atoms with Gasteiger partial charge in [-0.3, -0.25) is 33.9 Å². The fourth-order valence-corrected chi connectivity index (χ4v) is 5.77. The molecule has 47 heavy (non-hydrogen) atoms. The Balaban J connectivity index is 2.55. The van der Waals surface area contributed by atoms with E-state index in [4.69, 9.17) is 9.47 Å². The van der Waals surface area contributed by atoms with E-state index in [1.54, 1.807) is 14.0 Å². The van der Waals surface area contributed by atoms with Crippen molar-refractivity contribution in [3.05, 3.63) is 35.4 Å². The molecule has 1 heterocycles. The molecule has 0 saturated carbocycles. The number of Topliss-reactive ketones (excluding diaryl/α,β-unsaturated/α-hetero) is 1. The highest BCUT2D eigenvalue weighted by molar-refractivity contribution is 5.93. The molecule has 0 radical (unpaired) electrons. The average Bonchev–Trinajstić information content (AvgIpc) is 2.92. The van der Waals surface area contributed by atoms with Crippen molar-refractivity contribution in [1.29, 1.82) is 0 Å². The SMILES string of the molecule is CNC(=O)c1ccc(CC2CN(CC(=O)OC(C)(C)C)CCN(CC(C)=O)CCN(CC(C)C)CCN2CC(=O)OC(C)(C)C)cc1. The number of hydrogen-bond acceptors (Lipinski definition) is 10. The summed E-state index contributed by atoms with van der Waals surface area (Å²) in [5.41, 5.74) is 0.334. The molecule has 266 valence electrons. The first-order valence-corrected chi connectivity index (χ1v) is 17.0. The Morgan fingerprint density at radius 3 is 1.79 bits per heavy atom. The van der Waals surface area contributed by atoms with Gasteiger partial charge in [0.15, 0.2) is 0 Å². The van der Waals surface area contributed by atoms with E-state index in [2.05, 4.69) is 38.8 Å². The molecule has 1 aliphatic heterocycles. The molecule has 1 amide bonds. The van der Waals surface area contributed by atoms with E-state index < -0.39 is 11.2 Å². The van der Waals surface area contributed by atoms with Crippen molar-refractivity contribution in [3.63, 3.8) is 0 Å². The monoisotopic (exact) mass is 659 g/mol. The van der Waals surface area contributed by atoms with E-state index in [0.29, 0.717) is 50.6 Å². The van der Waals surface area contributed by atoms with Crippen molar-refractivity contribution in [1.82, 2.24) is 24.9 Å². The Bertz CT molecular complexity index is 1160. The second-order valence-corrected chi connectivity index (χ2v) is 15.2. The zero-order valence-electron chi connectivity index (χ0n) is 30.7. The lowest BCUT2D eigenvalue weighted by Gasteiger charge is -2.39. The van der Waals surface area contributed by atoms with Crippen LogP contribution in [0.3, 0.4) is 0 Å². The topological polar surface area (TPSA) is 112 Å². The number of hydrogen-bond donors (Lipinski definition) is 1. The van der Waals surface area contributed by atoms with E-state index in [1.807, 2.05) is 65.8 Å². The molecule has 0 bridgehead atoms. The van der Waals surface area contributed by atoms with Crippen LogP contribution < -0.4 is 5.32 Å². The Labute approximate surface area is 283 Å². The molecule has 1 aromatic rings. The molecule has 1 saturated heterocycles. The summed E-state index contributed by atoms with van der Waals surface area (Å²) < 4.78 is 11.5. The first kappa shape index (κ1) is 40.3. The van der Waals surface area contributed by atoms with Gasteiger partial charge in [-0.2, -0.15) is 0 Å². The first-order chi connectivity index (χ1) is 21.8. The number of nitrogens with one attached hydrogen (secondary N) is 1. The summed E-state index contributed by atoms with van der Waals surface area (Å²) in [6, 6.07) is 7.35. The van der Waals surface area contributed by atoms with Crippen LogP contribution in [0.1, 0.15) is 78.2 Å². The summed E-state index contributed by atoms with van der Waals surface area (Å²) in [5, 5.41) is 2.66. The number of carbonyl (C=O) groups excluding carboxylic acids is 4. The second kappa shape index (κ2) is 18.6. The molecule has 1 N–H and O–H groups in total. The van der Waals surface area contributed by atoms with E-state index in [1.165, 1.54) is 0 Å². The van der Waals surface area contributed by atoms with Crippen LogP contribution >= 0.6 is 0 Å². The zero-order valence-corrected chi connectivity index (χ0v) is 30.7. The lowest BCUT2D eigenvalue weighted by molar-refractivity contribution is -0.159. The molecular formula is C36H61N5O6. The maximum atomic E-state index is 13.3. The summed E-state index contributed by atoms with van der Waals surface area (Å²) in [6.07, 6.45) is 0.586. The molecule has 2 rings (SSSR count). The van der Waals surface area contributed by atoms with Crippen molar-refractivity contribution in [2.75, 3.05) is 79.0 Å². The molecular weight excluding hydrogens is 598 g/mol. The number of amides is 1. The molecule has 1 unspecified atom stereocenters. The van der Waals surface area contributed by atoms with Crippen molar-refractivity contribution >= 4 is 23.6 Å². The highest BCUT2D eigenvalue weighted by Crippen LogP contribution is 2.17. The highest BCUT2D eigenvalue weighted by atomic mass is 16.6. The predicted octanol–water partition coefficient (Wildman–Crippen LogP) is 3.11. The molecule has 11 nitrogen and oxygen atoms in total. The largest absolute Gasteiger partial charge is 0.459 e. The van der Waals surface area contributed by atoms with Gasteiger partial charge in [-0.25, -0.2) is 0 Å². The zero-order chi connectivity index (χ0) is 35.4. The number of ether oxygens (including phenoxy) is 2. The Kier molecular flexibility index (Phi) is 16.0. The van der Waals surface area contributed by atoms with Gasteiger partial charge in [0, 0.05) is 71.0 Å². The summed E-state index contributed by atoms with van der Waals surface area (Å²) in [5.74, 6) is -0.224. The summed E-state index contributed by atoms with van der Waals surface area (Å²) >= 11 is 0. The highest BCUT2D eigenvalue weighted by Gasteiger charge is 2.30. The number of esters is 2. The van der Waals surface area contributed by atoms with Crippen LogP contribution in [-0.2, 0) is 30.3 Å². The van der Waals surface area contributed by atoms with Crippen molar-refractivity contribution in [2.45, 2.75) is 86.0 Å². The van der Waals surface area contributed by atoms with Gasteiger partial charge in [0.25, 0.3) is 5.91 Å². The fraction of sp³-hybridized carbons (Fsp3) is 0.722. The number of carbonyl (C=O) groups is 4. The number of ketones is 1. The van der Waals surface area contributed by atoms with E-state index >= 15 is 0 Å². The standard InChI is InChI=1S/C36H61N5O6/c1-27(2)22-38-15-16-39(23-28(3)42)17-18-40(25-32(43)46-35(4,5)6)24-31(21-29-11-13-30(14-12-29)34(45)37-10)41(20-19-38)26-33(44)47-36(7,8)9/h11-14,27,31H,15-26H2,1-10H3,(H,37,45). The maximum absolute atomic E-state index is 13.3. The Morgan fingerprint density at radius 2 is 1.28 bits per heavy atom. The van der Waals surface area contributed by atoms with Crippen LogP contribution in [0, 0.1) is 5.92 Å². The quantitative estimate of drug-likeness (QED) is 0.356. The lowest BCUT2D eigenvalue weighted by atomic mass is 10.0. The van der Waals surface area contributed by atoms with Crippen LogP contribution in [0.2, 0.25) is 0 Å².